The maximum absolute atomic E-state index is 11.2. The van der Waals surface area contributed by atoms with Gasteiger partial charge in [0.25, 0.3) is 5.91 Å². The molecule has 0 radical (unpaired) electrons. The van der Waals surface area contributed by atoms with Crippen LogP contribution in [0.4, 0.5) is 0 Å². The van der Waals surface area contributed by atoms with Crippen LogP contribution >= 0.6 is 0 Å². The number of primary amides is 1. The van der Waals surface area contributed by atoms with Crippen molar-refractivity contribution in [2.45, 2.75) is 25.0 Å². The monoisotopic (exact) mass is 202 g/mol. The molecule has 2 amide bonds. The van der Waals surface area contributed by atoms with Crippen molar-refractivity contribution in [3.8, 4) is 0 Å². The molecule has 0 bridgehead atoms. The van der Waals surface area contributed by atoms with Crippen molar-refractivity contribution >= 4 is 11.8 Å². The number of hydrogen-bond acceptors (Lipinski definition) is 4. The van der Waals surface area contributed by atoms with Crippen LogP contribution in [0, 0.1) is 0 Å². The molecule has 4 N–H and O–H groups in total. The summed E-state index contributed by atoms with van der Waals surface area (Å²) in [7, 11) is 0. The Hall–Kier alpha value is -1.14. The van der Waals surface area contributed by atoms with E-state index < -0.39 is 17.6 Å². The second-order valence-corrected chi connectivity index (χ2v) is 3.43. The number of rotatable bonds is 5. The number of hydrogen-bond donors (Lipinski definition) is 3. The van der Waals surface area contributed by atoms with Crippen LogP contribution in [0.5, 0.6) is 0 Å². The summed E-state index contributed by atoms with van der Waals surface area (Å²) in [6, 6.07) is 0. The third kappa shape index (κ3) is 2.97. The summed E-state index contributed by atoms with van der Waals surface area (Å²) >= 11 is 0. The van der Waals surface area contributed by atoms with Crippen molar-refractivity contribution < 1.29 is 19.8 Å². The normalized spacial score (nSPS) is 15.4. The predicted molar refractivity (Wildman–Crippen MR) is 46.8 cm³/mol. The highest BCUT2D eigenvalue weighted by molar-refractivity contribution is 5.85. The fourth-order valence-electron chi connectivity index (χ4n) is 1.12. The molecular formula is C8H14N2O4. The standard InChI is InChI=1S/C8H14N2O4/c9-6(11)2-1-3-8(13,14)7(12)10-4-5-10/h13-14H,1-5H2,(H2,9,11). The zero-order valence-corrected chi connectivity index (χ0v) is 7.77. The van der Waals surface area contributed by atoms with E-state index in [1.54, 1.807) is 0 Å². The minimum atomic E-state index is -2.34. The summed E-state index contributed by atoms with van der Waals surface area (Å²) in [6.07, 6.45) is 0.0866. The predicted octanol–water partition coefficient (Wildman–Crippen LogP) is -1.83. The van der Waals surface area contributed by atoms with E-state index in [0.717, 1.165) is 0 Å². The molecule has 80 valence electrons. The number of carbonyl (C=O) groups excluding carboxylic acids is 2. The molecule has 6 nitrogen and oxygen atoms in total. The Morgan fingerprint density at radius 3 is 2.36 bits per heavy atom. The van der Waals surface area contributed by atoms with Gasteiger partial charge in [-0.3, -0.25) is 9.59 Å². The van der Waals surface area contributed by atoms with Crippen molar-refractivity contribution in [1.82, 2.24) is 4.90 Å². The molecule has 1 saturated heterocycles. The first-order valence-electron chi connectivity index (χ1n) is 4.46. The van der Waals surface area contributed by atoms with Gasteiger partial charge in [-0.05, 0) is 6.42 Å². The fourth-order valence-corrected chi connectivity index (χ4v) is 1.12. The van der Waals surface area contributed by atoms with E-state index in [1.807, 2.05) is 0 Å². The first-order chi connectivity index (χ1) is 6.43. The number of carbonyl (C=O) groups is 2. The number of aliphatic hydroxyl groups is 2. The molecule has 1 heterocycles. The average Bonchev–Trinajstić information content (AvgIpc) is 2.84. The lowest BCUT2D eigenvalue weighted by atomic mass is 10.1. The van der Waals surface area contributed by atoms with Crippen molar-refractivity contribution in [2.75, 3.05) is 13.1 Å². The number of amides is 2. The molecule has 0 aromatic heterocycles. The molecule has 1 aliphatic heterocycles. The van der Waals surface area contributed by atoms with Gasteiger partial charge >= 0.3 is 0 Å². The van der Waals surface area contributed by atoms with Crippen molar-refractivity contribution in [3.63, 3.8) is 0 Å². The van der Waals surface area contributed by atoms with Crippen LogP contribution < -0.4 is 5.73 Å². The quantitative estimate of drug-likeness (QED) is 0.360. The molecule has 1 rings (SSSR count). The molecular weight excluding hydrogens is 188 g/mol. The minimum Gasteiger partial charge on any atom is -0.370 e. The van der Waals surface area contributed by atoms with Gasteiger partial charge in [0.1, 0.15) is 0 Å². The zero-order valence-electron chi connectivity index (χ0n) is 7.77. The summed E-state index contributed by atoms with van der Waals surface area (Å²) in [5.74, 6) is -3.55. The number of nitrogens with two attached hydrogens (primary N) is 1. The van der Waals surface area contributed by atoms with E-state index >= 15 is 0 Å². The molecule has 1 fully saturated rings. The Labute approximate surface area is 81.3 Å². The van der Waals surface area contributed by atoms with E-state index in [4.69, 9.17) is 5.73 Å². The third-order valence-corrected chi connectivity index (χ3v) is 2.03. The Morgan fingerprint density at radius 2 is 1.93 bits per heavy atom. The summed E-state index contributed by atoms with van der Waals surface area (Å²) in [5.41, 5.74) is 4.87. The van der Waals surface area contributed by atoms with E-state index in [9.17, 15) is 19.8 Å². The highest BCUT2D eigenvalue weighted by atomic mass is 16.5. The van der Waals surface area contributed by atoms with E-state index in [2.05, 4.69) is 0 Å². The lowest BCUT2D eigenvalue weighted by Crippen LogP contribution is -2.42. The van der Waals surface area contributed by atoms with Gasteiger partial charge < -0.3 is 20.8 Å². The molecule has 6 heteroatoms. The van der Waals surface area contributed by atoms with E-state index in [0.29, 0.717) is 13.1 Å². The molecule has 0 aromatic carbocycles. The van der Waals surface area contributed by atoms with Crippen LogP contribution in [0.2, 0.25) is 0 Å². The fraction of sp³-hybridized carbons (Fsp3) is 0.750. The lowest BCUT2D eigenvalue weighted by Gasteiger charge is -2.19. The highest BCUT2D eigenvalue weighted by Gasteiger charge is 2.40. The third-order valence-electron chi connectivity index (χ3n) is 2.03. The summed E-state index contributed by atoms with van der Waals surface area (Å²) in [5, 5.41) is 18.6. The summed E-state index contributed by atoms with van der Waals surface area (Å²) in [6.45, 7) is 1.13. The van der Waals surface area contributed by atoms with Crippen LogP contribution in [-0.2, 0) is 9.59 Å². The van der Waals surface area contributed by atoms with Gasteiger partial charge in [0.05, 0.1) is 0 Å². The summed E-state index contributed by atoms with van der Waals surface area (Å²) < 4.78 is 0. The Morgan fingerprint density at radius 1 is 1.36 bits per heavy atom. The summed E-state index contributed by atoms with van der Waals surface area (Å²) in [4.78, 5) is 22.9. The Balaban J connectivity index is 2.32. The Bertz CT molecular complexity index is 248. The number of nitrogens with zero attached hydrogens (tertiary/aromatic N) is 1. The SMILES string of the molecule is NC(=O)CCCC(O)(O)C(=O)N1CC1. The van der Waals surface area contributed by atoms with Gasteiger partial charge in [0.15, 0.2) is 0 Å². The van der Waals surface area contributed by atoms with Crippen LogP contribution in [0.3, 0.4) is 0 Å². The molecule has 0 saturated carbocycles. The van der Waals surface area contributed by atoms with Gasteiger partial charge in [-0.15, -0.1) is 0 Å². The second-order valence-electron chi connectivity index (χ2n) is 3.43. The lowest BCUT2D eigenvalue weighted by molar-refractivity contribution is -0.193. The van der Waals surface area contributed by atoms with Gasteiger partial charge in [-0.1, -0.05) is 0 Å². The minimum absolute atomic E-state index is 0.0517. The Kier molecular flexibility index (Phi) is 3.07. The van der Waals surface area contributed by atoms with Gasteiger partial charge in [-0.2, -0.15) is 0 Å². The molecule has 14 heavy (non-hydrogen) atoms. The van der Waals surface area contributed by atoms with Crippen LogP contribution in [0.1, 0.15) is 19.3 Å². The van der Waals surface area contributed by atoms with Gasteiger partial charge in [0, 0.05) is 25.9 Å². The largest absolute Gasteiger partial charge is 0.370 e. The molecule has 0 unspecified atom stereocenters. The van der Waals surface area contributed by atoms with Crippen molar-refractivity contribution in [1.29, 1.82) is 0 Å². The first-order valence-corrected chi connectivity index (χ1v) is 4.46. The van der Waals surface area contributed by atoms with Crippen LogP contribution in [0.25, 0.3) is 0 Å². The van der Waals surface area contributed by atoms with E-state index in [1.165, 1.54) is 4.90 Å². The topological polar surface area (TPSA) is 104 Å². The second kappa shape index (κ2) is 3.93. The molecule has 1 aliphatic rings. The zero-order chi connectivity index (χ0) is 10.8. The van der Waals surface area contributed by atoms with Crippen LogP contribution in [-0.4, -0.2) is 45.8 Å². The maximum Gasteiger partial charge on any atom is 0.282 e. The molecule has 0 aliphatic carbocycles. The first kappa shape index (κ1) is 10.9. The van der Waals surface area contributed by atoms with Crippen molar-refractivity contribution in [2.24, 2.45) is 5.73 Å². The van der Waals surface area contributed by atoms with Crippen LogP contribution in [0.15, 0.2) is 0 Å². The smallest absolute Gasteiger partial charge is 0.282 e. The maximum atomic E-state index is 11.2. The van der Waals surface area contributed by atoms with Gasteiger partial charge in [-0.25, -0.2) is 0 Å². The van der Waals surface area contributed by atoms with Gasteiger partial charge in [0.2, 0.25) is 11.7 Å². The van der Waals surface area contributed by atoms with E-state index in [-0.39, 0.29) is 19.3 Å². The van der Waals surface area contributed by atoms with Crippen molar-refractivity contribution in [3.05, 3.63) is 0 Å². The molecule has 0 atom stereocenters. The average molecular weight is 202 g/mol. The molecule has 0 spiro atoms. The highest BCUT2D eigenvalue weighted by Crippen LogP contribution is 2.18. The molecule has 0 aromatic rings.